The number of pyridine rings is 2. The van der Waals surface area contributed by atoms with Gasteiger partial charge in [0.15, 0.2) is 5.78 Å². The molecular weight excluding hydrogens is 340 g/mol. The minimum Gasteiger partial charge on any atom is -0.306 e. The Morgan fingerprint density at radius 1 is 1.00 bits per heavy atom. The molecule has 1 N–H and O–H groups in total. The molecule has 0 aliphatic carbocycles. The first-order valence-corrected chi connectivity index (χ1v) is 8.28. The second kappa shape index (κ2) is 7.13. The molecule has 0 radical (unpaired) electrons. The van der Waals surface area contributed by atoms with Gasteiger partial charge in [-0.3, -0.25) is 9.59 Å². The van der Waals surface area contributed by atoms with E-state index >= 15 is 0 Å². The molecule has 0 spiro atoms. The van der Waals surface area contributed by atoms with Gasteiger partial charge in [0, 0.05) is 35.1 Å². The van der Waals surface area contributed by atoms with Crippen LogP contribution in [-0.4, -0.2) is 25.7 Å². The first-order valence-electron chi connectivity index (χ1n) is 8.28. The van der Waals surface area contributed by atoms with Gasteiger partial charge in [-0.05, 0) is 29.8 Å². The third-order valence-electron chi connectivity index (χ3n) is 4.10. The predicted octanol–water partition coefficient (Wildman–Crippen LogP) is 3.28. The van der Waals surface area contributed by atoms with Crippen LogP contribution in [0.4, 0.5) is 0 Å². The van der Waals surface area contributed by atoms with Crippen LogP contribution in [0.25, 0.3) is 28.2 Å². The lowest BCUT2D eigenvalue weighted by Gasteiger charge is -2.10. The summed E-state index contributed by atoms with van der Waals surface area (Å²) < 4.78 is 0. The van der Waals surface area contributed by atoms with E-state index in [-0.39, 0.29) is 5.56 Å². The first-order chi connectivity index (χ1) is 13.2. The fraction of sp³-hybridized carbons (Fsp3) is 0. The Morgan fingerprint density at radius 2 is 1.78 bits per heavy atom. The van der Waals surface area contributed by atoms with Crippen molar-refractivity contribution in [1.82, 2.24) is 19.9 Å². The van der Waals surface area contributed by atoms with Crippen LogP contribution in [0.3, 0.4) is 0 Å². The second-order valence-corrected chi connectivity index (χ2v) is 5.84. The molecule has 130 valence electrons. The van der Waals surface area contributed by atoms with E-state index in [1.54, 1.807) is 30.7 Å². The van der Waals surface area contributed by atoms with Crippen molar-refractivity contribution < 1.29 is 4.79 Å². The van der Waals surface area contributed by atoms with E-state index in [0.29, 0.717) is 22.2 Å². The largest absolute Gasteiger partial charge is 0.306 e. The van der Waals surface area contributed by atoms with Gasteiger partial charge < -0.3 is 4.98 Å². The summed E-state index contributed by atoms with van der Waals surface area (Å²) in [6.07, 6.45) is 9.13. The molecule has 6 heteroatoms. The Kier molecular flexibility index (Phi) is 4.37. The van der Waals surface area contributed by atoms with E-state index in [2.05, 4.69) is 19.9 Å². The van der Waals surface area contributed by atoms with Crippen molar-refractivity contribution in [3.05, 3.63) is 94.9 Å². The normalized spacial score (nSPS) is 11.1. The maximum atomic E-state index is 12.9. The summed E-state index contributed by atoms with van der Waals surface area (Å²) in [6.45, 7) is 0. The number of allylic oxidation sites excluding steroid dienone is 1. The summed E-state index contributed by atoms with van der Waals surface area (Å²) in [7, 11) is 0. The summed E-state index contributed by atoms with van der Waals surface area (Å²) >= 11 is 0. The number of rotatable bonds is 4. The number of nitrogens with zero attached hydrogens (tertiary/aromatic N) is 3. The molecule has 3 aromatic heterocycles. The number of fused-ring (bicyclic) bond motifs is 1. The molecule has 0 fully saturated rings. The summed E-state index contributed by atoms with van der Waals surface area (Å²) in [5.41, 5.74) is 2.07. The molecule has 0 aliphatic rings. The van der Waals surface area contributed by atoms with Gasteiger partial charge in [0.25, 0.3) is 5.56 Å². The lowest BCUT2D eigenvalue weighted by molar-refractivity contribution is 0.104. The zero-order chi connectivity index (χ0) is 18.6. The summed E-state index contributed by atoms with van der Waals surface area (Å²) in [6, 6.07) is 13.0. The van der Waals surface area contributed by atoms with Crippen molar-refractivity contribution in [3.8, 4) is 11.1 Å². The molecular formula is C21H14N4O2. The minimum atomic E-state index is -0.473. The Balaban J connectivity index is 1.92. The maximum Gasteiger partial charge on any atom is 0.261 e. The summed E-state index contributed by atoms with van der Waals surface area (Å²) in [5.74, 6) is -0.398. The quantitative estimate of drug-likeness (QED) is 0.449. The predicted molar refractivity (Wildman–Crippen MR) is 103 cm³/mol. The fourth-order valence-corrected chi connectivity index (χ4v) is 2.92. The highest BCUT2D eigenvalue weighted by Crippen LogP contribution is 2.29. The molecule has 0 saturated heterocycles. The average molecular weight is 354 g/mol. The molecule has 0 saturated carbocycles. The molecule has 0 bridgehead atoms. The highest BCUT2D eigenvalue weighted by atomic mass is 16.1. The van der Waals surface area contributed by atoms with Crippen molar-refractivity contribution in [2.24, 2.45) is 0 Å². The highest BCUT2D eigenvalue weighted by Gasteiger charge is 2.19. The molecule has 27 heavy (non-hydrogen) atoms. The van der Waals surface area contributed by atoms with E-state index in [9.17, 15) is 9.59 Å². The van der Waals surface area contributed by atoms with Crippen molar-refractivity contribution in [1.29, 1.82) is 0 Å². The van der Waals surface area contributed by atoms with E-state index < -0.39 is 11.3 Å². The van der Waals surface area contributed by atoms with E-state index in [1.807, 2.05) is 36.4 Å². The van der Waals surface area contributed by atoms with Gasteiger partial charge in [0.05, 0.1) is 5.56 Å². The molecule has 0 aliphatic heterocycles. The van der Waals surface area contributed by atoms with Crippen LogP contribution in [-0.2, 0) is 0 Å². The topological polar surface area (TPSA) is 88.6 Å². The molecule has 4 aromatic rings. The number of aromatic amines is 1. The highest BCUT2D eigenvalue weighted by molar-refractivity contribution is 6.14. The maximum absolute atomic E-state index is 12.9. The van der Waals surface area contributed by atoms with Gasteiger partial charge in [-0.15, -0.1) is 0 Å². The third kappa shape index (κ3) is 3.28. The number of nitrogens with one attached hydrogen (secondary N) is 1. The number of carbonyl (C=O) groups excluding carboxylic acids is 1. The Bertz CT molecular complexity index is 1200. The Morgan fingerprint density at radius 3 is 2.56 bits per heavy atom. The van der Waals surface area contributed by atoms with E-state index in [1.165, 1.54) is 12.4 Å². The van der Waals surface area contributed by atoms with Crippen molar-refractivity contribution in [2.45, 2.75) is 0 Å². The zero-order valence-corrected chi connectivity index (χ0v) is 14.2. The zero-order valence-electron chi connectivity index (χ0n) is 14.2. The van der Waals surface area contributed by atoms with Crippen LogP contribution in [0.1, 0.15) is 15.9 Å². The first kappa shape index (κ1) is 16.5. The molecule has 1 aromatic carbocycles. The number of aromatic nitrogens is 4. The van der Waals surface area contributed by atoms with Gasteiger partial charge in [-0.2, -0.15) is 0 Å². The minimum absolute atomic E-state index is 0.0785. The smallest absolute Gasteiger partial charge is 0.261 e. The van der Waals surface area contributed by atoms with E-state index in [4.69, 9.17) is 0 Å². The SMILES string of the molecule is O=C(/C=C/c1cncnc1)c1c(-c2ccccc2)c2cccnc2[nH]c1=O. The summed E-state index contributed by atoms with van der Waals surface area (Å²) in [5, 5.41) is 0.711. The lowest BCUT2D eigenvalue weighted by Crippen LogP contribution is -2.19. The Labute approximate surface area is 154 Å². The van der Waals surface area contributed by atoms with Gasteiger partial charge in [-0.25, -0.2) is 15.0 Å². The molecule has 6 nitrogen and oxygen atoms in total. The molecule has 0 atom stereocenters. The van der Waals surface area contributed by atoms with Gasteiger partial charge in [0.1, 0.15) is 12.0 Å². The van der Waals surface area contributed by atoms with Gasteiger partial charge >= 0.3 is 0 Å². The number of ketones is 1. The van der Waals surface area contributed by atoms with Gasteiger partial charge in [-0.1, -0.05) is 30.3 Å². The van der Waals surface area contributed by atoms with Crippen LogP contribution in [0.2, 0.25) is 0 Å². The third-order valence-corrected chi connectivity index (χ3v) is 4.10. The van der Waals surface area contributed by atoms with Crippen LogP contribution in [0.15, 0.2) is 78.3 Å². The Hall–Kier alpha value is -3.93. The van der Waals surface area contributed by atoms with Crippen LogP contribution in [0.5, 0.6) is 0 Å². The molecule has 4 rings (SSSR count). The van der Waals surface area contributed by atoms with Crippen molar-refractivity contribution >= 4 is 22.9 Å². The number of hydrogen-bond donors (Lipinski definition) is 1. The van der Waals surface area contributed by atoms with Crippen LogP contribution >= 0.6 is 0 Å². The van der Waals surface area contributed by atoms with Crippen molar-refractivity contribution in [2.75, 3.05) is 0 Å². The van der Waals surface area contributed by atoms with E-state index in [0.717, 1.165) is 5.56 Å². The van der Waals surface area contributed by atoms with Gasteiger partial charge in [0.2, 0.25) is 0 Å². The fourth-order valence-electron chi connectivity index (χ4n) is 2.92. The molecule has 0 unspecified atom stereocenters. The average Bonchev–Trinajstić information content (AvgIpc) is 2.72. The lowest BCUT2D eigenvalue weighted by atomic mass is 9.95. The monoisotopic (exact) mass is 354 g/mol. The number of hydrogen-bond acceptors (Lipinski definition) is 5. The second-order valence-electron chi connectivity index (χ2n) is 5.84. The number of carbonyl (C=O) groups is 1. The number of benzene rings is 1. The van der Waals surface area contributed by atoms with Crippen molar-refractivity contribution in [3.63, 3.8) is 0 Å². The molecule has 3 heterocycles. The standard InChI is InChI=1S/C21H14N4O2/c26-17(9-8-14-11-22-13-23-12-14)19-18(15-5-2-1-3-6-15)16-7-4-10-24-20(16)25-21(19)27/h1-13H,(H,24,25,27)/b9-8+. The number of H-pyrrole nitrogens is 1. The molecule has 0 amide bonds. The summed E-state index contributed by atoms with van der Waals surface area (Å²) in [4.78, 5) is 40.4. The van der Waals surface area contributed by atoms with Crippen LogP contribution in [0, 0.1) is 0 Å². The van der Waals surface area contributed by atoms with Crippen LogP contribution < -0.4 is 5.56 Å².